The van der Waals surface area contributed by atoms with Gasteiger partial charge in [0.05, 0.1) is 7.11 Å². The minimum absolute atomic E-state index is 0.143. The van der Waals surface area contributed by atoms with Gasteiger partial charge in [0, 0.05) is 12.3 Å². The second kappa shape index (κ2) is 19.4. The predicted molar refractivity (Wildman–Crippen MR) is 184 cm³/mol. The molecule has 1 atom stereocenters. The molecule has 2 N–H and O–H groups in total. The molecule has 0 radical (unpaired) electrons. The van der Waals surface area contributed by atoms with Crippen molar-refractivity contribution >= 4 is 5.78 Å². The lowest BCUT2D eigenvalue weighted by atomic mass is 9.53. The Morgan fingerprint density at radius 2 is 1.51 bits per heavy atom. The molecule has 1 unspecified atom stereocenters. The van der Waals surface area contributed by atoms with Crippen molar-refractivity contribution in [1.29, 1.82) is 0 Å². The summed E-state index contributed by atoms with van der Waals surface area (Å²) in [7, 11) is 3.22. The fraction of sp³-hybridized carbons (Fsp3) is 0.711. The van der Waals surface area contributed by atoms with Crippen LogP contribution in [-0.2, 0) is 17.6 Å². The average molecular weight is 608 g/mol. The first-order valence-corrected chi connectivity index (χ1v) is 16.1. The molecular formula is C38H67F2NO2. The van der Waals surface area contributed by atoms with E-state index in [9.17, 15) is 13.6 Å². The van der Waals surface area contributed by atoms with Crippen LogP contribution < -0.4 is 10.5 Å². The molecule has 1 aromatic rings. The van der Waals surface area contributed by atoms with Crippen molar-refractivity contribution in [2.75, 3.05) is 14.2 Å². The molecule has 250 valence electrons. The number of Topliss-reactive ketones (excluding diaryl/α,β-unsaturated/α-hetero) is 1. The average Bonchev–Trinajstić information content (AvgIpc) is 2.89. The number of unbranched alkanes of at least 4 members (excludes halogenated alkanes) is 1. The van der Waals surface area contributed by atoms with E-state index in [1.54, 1.807) is 14.0 Å². The third-order valence-electron chi connectivity index (χ3n) is 8.29. The third kappa shape index (κ3) is 15.5. The highest BCUT2D eigenvalue weighted by atomic mass is 19.3. The molecule has 1 aliphatic rings. The van der Waals surface area contributed by atoms with E-state index >= 15 is 0 Å². The van der Waals surface area contributed by atoms with Crippen LogP contribution in [0.15, 0.2) is 42.5 Å². The van der Waals surface area contributed by atoms with Crippen LogP contribution in [0.25, 0.3) is 0 Å². The lowest BCUT2D eigenvalue weighted by Gasteiger charge is -2.52. The van der Waals surface area contributed by atoms with E-state index in [0.29, 0.717) is 12.8 Å². The van der Waals surface area contributed by atoms with Gasteiger partial charge in [-0.25, -0.2) is 0 Å². The number of benzene rings is 1. The molecule has 0 bridgehead atoms. The van der Waals surface area contributed by atoms with Gasteiger partial charge in [-0.2, -0.15) is 8.78 Å². The highest BCUT2D eigenvalue weighted by molar-refractivity contribution is 5.84. The SMILES string of the molecule is C=C(C)C(C)CCCC.C=C(C)CCc1ccc(OC)c(CC)c1.CC(=O)C(F)(F)C1(C)CC(C)(C)CC(C)(C)C1.CN. The lowest BCUT2D eigenvalue weighted by molar-refractivity contribution is -0.182. The third-order valence-corrected chi connectivity index (χ3v) is 8.29. The van der Waals surface area contributed by atoms with Crippen LogP contribution >= 0.6 is 0 Å². The largest absolute Gasteiger partial charge is 0.496 e. The smallest absolute Gasteiger partial charge is 0.310 e. The molecule has 0 aliphatic heterocycles. The number of carbonyl (C=O) groups excluding carboxylic acids is 1. The van der Waals surface area contributed by atoms with Crippen molar-refractivity contribution in [1.82, 2.24) is 0 Å². The Hall–Kier alpha value is -2.01. The summed E-state index contributed by atoms with van der Waals surface area (Å²) in [5.41, 5.74) is 8.22. The monoisotopic (exact) mass is 608 g/mol. The van der Waals surface area contributed by atoms with Crippen LogP contribution in [0.5, 0.6) is 5.75 Å². The van der Waals surface area contributed by atoms with Crippen LogP contribution in [0.2, 0.25) is 0 Å². The summed E-state index contributed by atoms with van der Waals surface area (Å²) in [5.74, 6) is -2.50. The molecule has 1 saturated carbocycles. The minimum Gasteiger partial charge on any atom is -0.496 e. The fourth-order valence-electron chi connectivity index (χ4n) is 6.62. The molecule has 3 nitrogen and oxygen atoms in total. The second-order valence-electron chi connectivity index (χ2n) is 14.4. The highest BCUT2D eigenvalue weighted by Crippen LogP contribution is 2.59. The molecule has 2 rings (SSSR count). The number of ether oxygens (including phenoxy) is 1. The zero-order valence-electron chi connectivity index (χ0n) is 30.2. The molecule has 1 aromatic carbocycles. The number of ketones is 1. The van der Waals surface area contributed by atoms with Gasteiger partial charge in [0.2, 0.25) is 0 Å². The summed E-state index contributed by atoms with van der Waals surface area (Å²) in [4.78, 5) is 11.2. The van der Waals surface area contributed by atoms with Gasteiger partial charge in [0.15, 0.2) is 5.78 Å². The summed E-state index contributed by atoms with van der Waals surface area (Å²) < 4.78 is 33.6. The van der Waals surface area contributed by atoms with Crippen molar-refractivity contribution in [2.24, 2.45) is 27.9 Å². The Bertz CT molecular complexity index is 978. The van der Waals surface area contributed by atoms with Gasteiger partial charge < -0.3 is 10.5 Å². The maximum atomic E-state index is 14.2. The van der Waals surface area contributed by atoms with Gasteiger partial charge >= 0.3 is 5.92 Å². The maximum absolute atomic E-state index is 14.2. The quantitative estimate of drug-likeness (QED) is 0.255. The summed E-state index contributed by atoms with van der Waals surface area (Å²) in [5, 5.41) is 0. The number of alkyl halides is 2. The summed E-state index contributed by atoms with van der Waals surface area (Å²) >= 11 is 0. The normalized spacial score (nSPS) is 16.9. The van der Waals surface area contributed by atoms with E-state index in [-0.39, 0.29) is 10.8 Å². The zero-order valence-corrected chi connectivity index (χ0v) is 30.2. The van der Waals surface area contributed by atoms with Crippen LogP contribution in [0.4, 0.5) is 8.78 Å². The maximum Gasteiger partial charge on any atom is 0.310 e. The van der Waals surface area contributed by atoms with E-state index in [4.69, 9.17) is 4.74 Å². The number of carbonyl (C=O) groups is 1. The molecule has 43 heavy (non-hydrogen) atoms. The van der Waals surface area contributed by atoms with Gasteiger partial charge in [-0.05, 0) is 99.8 Å². The first-order valence-electron chi connectivity index (χ1n) is 16.1. The Labute approximate surface area is 265 Å². The lowest BCUT2D eigenvalue weighted by Crippen LogP contribution is -2.52. The Balaban J connectivity index is 0. The first-order chi connectivity index (χ1) is 19.7. The highest BCUT2D eigenvalue weighted by Gasteiger charge is 2.59. The van der Waals surface area contributed by atoms with Gasteiger partial charge in [0.25, 0.3) is 0 Å². The Morgan fingerprint density at radius 1 is 1.00 bits per heavy atom. The molecule has 1 aliphatic carbocycles. The van der Waals surface area contributed by atoms with Crippen molar-refractivity contribution in [3.8, 4) is 5.75 Å². The zero-order chi connectivity index (χ0) is 34.2. The summed E-state index contributed by atoms with van der Waals surface area (Å²) in [6.07, 6.45) is 8.83. The second-order valence-corrected chi connectivity index (χ2v) is 14.4. The number of rotatable bonds is 11. The Morgan fingerprint density at radius 3 is 1.88 bits per heavy atom. The van der Waals surface area contributed by atoms with Crippen LogP contribution in [-0.4, -0.2) is 25.9 Å². The van der Waals surface area contributed by atoms with Gasteiger partial charge in [0.1, 0.15) is 5.75 Å². The van der Waals surface area contributed by atoms with E-state index in [1.807, 2.05) is 27.7 Å². The van der Waals surface area contributed by atoms with E-state index < -0.39 is 17.1 Å². The fourth-order valence-corrected chi connectivity index (χ4v) is 6.62. The predicted octanol–water partition coefficient (Wildman–Crippen LogP) is 11.2. The Kier molecular flexibility index (Phi) is 19.4. The van der Waals surface area contributed by atoms with Gasteiger partial charge in [-0.15, -0.1) is 6.58 Å². The standard InChI is InChI=1S/C14H24F2O.C14H20O.C9H18.CH5N/c1-10(17)14(15,16)13(6)8-11(2,3)7-12(4,5)9-13;1-5-13-10-12(7-6-11(2)3)8-9-14(13)15-4;1-5-6-7-9(4)8(2)3;1-2/h7-9H2,1-6H3;8-10H,2,5-7H2,1,3-4H3;9H,2,5-7H2,1,3-4H3;2H2,1H3. The van der Waals surface area contributed by atoms with Crippen molar-refractivity contribution in [2.45, 2.75) is 140 Å². The number of hydrogen-bond acceptors (Lipinski definition) is 3. The number of methoxy groups -OCH3 is 1. The number of nitrogens with two attached hydrogens (primary N) is 1. The molecule has 5 heteroatoms. The minimum atomic E-state index is -3.22. The van der Waals surface area contributed by atoms with E-state index in [1.165, 1.54) is 48.6 Å². The van der Waals surface area contributed by atoms with Crippen molar-refractivity contribution in [3.63, 3.8) is 0 Å². The van der Waals surface area contributed by atoms with Crippen LogP contribution in [0, 0.1) is 22.2 Å². The number of halogens is 2. The van der Waals surface area contributed by atoms with Crippen LogP contribution in [0.3, 0.4) is 0 Å². The number of hydrogen-bond donors (Lipinski definition) is 1. The molecule has 0 amide bonds. The molecule has 0 heterocycles. The first kappa shape index (κ1) is 43.1. The number of aryl methyl sites for hydroxylation is 2. The van der Waals surface area contributed by atoms with Crippen LogP contribution in [0.1, 0.15) is 132 Å². The van der Waals surface area contributed by atoms with E-state index in [0.717, 1.165) is 44.3 Å². The topological polar surface area (TPSA) is 52.3 Å². The van der Waals surface area contributed by atoms with E-state index in [2.05, 4.69) is 71.7 Å². The summed E-state index contributed by atoms with van der Waals surface area (Å²) in [6, 6.07) is 6.44. The molecule has 0 aromatic heterocycles. The summed E-state index contributed by atoms with van der Waals surface area (Å²) in [6.45, 7) is 29.3. The van der Waals surface area contributed by atoms with Crippen molar-refractivity contribution in [3.05, 3.63) is 53.6 Å². The van der Waals surface area contributed by atoms with Gasteiger partial charge in [-0.1, -0.05) is 98.1 Å². The van der Waals surface area contributed by atoms with Gasteiger partial charge in [-0.3, -0.25) is 4.79 Å². The number of allylic oxidation sites excluding steroid dienone is 2. The molecule has 0 spiro atoms. The molecule has 0 saturated heterocycles. The molecular weight excluding hydrogens is 540 g/mol. The van der Waals surface area contributed by atoms with Crippen molar-refractivity contribution < 1.29 is 18.3 Å². The molecule has 1 fully saturated rings.